The molecule has 1 N–H and O–H groups in total. The molecule has 2 aromatic carbocycles. The van der Waals surface area contributed by atoms with Gasteiger partial charge < -0.3 is 5.32 Å². The number of hydrogen-bond donors (Lipinski definition) is 1. The molecule has 0 heterocycles. The molecule has 0 radical (unpaired) electrons. The Kier molecular flexibility index (Phi) is 4.37. The van der Waals surface area contributed by atoms with Crippen molar-refractivity contribution in [3.63, 3.8) is 0 Å². The van der Waals surface area contributed by atoms with Gasteiger partial charge in [0.05, 0.1) is 10.6 Å². The van der Waals surface area contributed by atoms with Crippen LogP contribution in [0.3, 0.4) is 0 Å². The molecule has 0 amide bonds. The first kappa shape index (κ1) is 15.6. The number of benzene rings is 2. The van der Waals surface area contributed by atoms with Crippen LogP contribution in [0.4, 0.5) is 5.69 Å². The molecule has 0 aromatic heterocycles. The van der Waals surface area contributed by atoms with Crippen molar-refractivity contribution in [2.45, 2.75) is 31.7 Å². The molecule has 112 valence electrons. The molecule has 0 saturated heterocycles. The Bertz CT molecular complexity index is 751. The Balaban J connectivity index is 2.37. The lowest BCUT2D eigenvalue weighted by Crippen LogP contribution is -2.11. The molecule has 21 heavy (non-hydrogen) atoms. The van der Waals surface area contributed by atoms with Crippen LogP contribution in [-0.4, -0.2) is 14.7 Å². The first-order valence-corrected chi connectivity index (χ1v) is 8.81. The maximum absolute atomic E-state index is 11.9. The SMILES string of the molecule is Cc1cccc(C(C)Nc2ccccc2S(C)(=O)=O)c1C. The molecule has 4 heteroatoms. The molecule has 0 saturated carbocycles. The monoisotopic (exact) mass is 303 g/mol. The molecule has 0 spiro atoms. The average molecular weight is 303 g/mol. The number of anilines is 1. The summed E-state index contributed by atoms with van der Waals surface area (Å²) in [6, 6.07) is 13.2. The average Bonchev–Trinajstić information content (AvgIpc) is 2.41. The molecule has 2 aromatic rings. The molecule has 0 aliphatic carbocycles. The maximum atomic E-state index is 11.9. The standard InChI is InChI=1S/C17H21NO2S/c1-12-8-7-9-15(13(12)2)14(3)18-16-10-5-6-11-17(16)21(4,19)20/h5-11,14,18H,1-4H3. The Morgan fingerprint density at radius 2 is 1.67 bits per heavy atom. The molecule has 0 bridgehead atoms. The second-order valence-corrected chi connectivity index (χ2v) is 7.41. The fourth-order valence-electron chi connectivity index (χ4n) is 2.46. The van der Waals surface area contributed by atoms with E-state index in [4.69, 9.17) is 0 Å². The zero-order valence-corrected chi connectivity index (χ0v) is 13.7. The minimum Gasteiger partial charge on any atom is -0.377 e. The molecule has 0 fully saturated rings. The first-order chi connectivity index (χ1) is 9.80. The minimum atomic E-state index is -3.24. The van der Waals surface area contributed by atoms with E-state index in [1.165, 1.54) is 22.9 Å². The normalized spacial score (nSPS) is 13.0. The van der Waals surface area contributed by atoms with Crippen LogP contribution in [0, 0.1) is 13.8 Å². The molecule has 2 rings (SSSR count). The molecule has 1 unspecified atom stereocenters. The summed E-state index contributed by atoms with van der Waals surface area (Å²) in [5.74, 6) is 0. The maximum Gasteiger partial charge on any atom is 0.177 e. The highest BCUT2D eigenvalue weighted by Gasteiger charge is 2.15. The van der Waals surface area contributed by atoms with E-state index < -0.39 is 9.84 Å². The quantitative estimate of drug-likeness (QED) is 0.932. The Morgan fingerprint density at radius 1 is 1.00 bits per heavy atom. The summed E-state index contributed by atoms with van der Waals surface area (Å²) in [7, 11) is -3.24. The van der Waals surface area contributed by atoms with Gasteiger partial charge >= 0.3 is 0 Å². The van der Waals surface area contributed by atoms with Gasteiger partial charge in [0.1, 0.15) is 0 Å². The van der Waals surface area contributed by atoms with E-state index in [-0.39, 0.29) is 6.04 Å². The van der Waals surface area contributed by atoms with Gasteiger partial charge in [-0.15, -0.1) is 0 Å². The third-order valence-electron chi connectivity index (χ3n) is 3.77. The van der Waals surface area contributed by atoms with E-state index in [2.05, 4.69) is 31.3 Å². The summed E-state index contributed by atoms with van der Waals surface area (Å²) in [6.07, 6.45) is 1.23. The molecule has 0 aliphatic rings. The van der Waals surface area contributed by atoms with Gasteiger partial charge in [0.2, 0.25) is 0 Å². The molecule has 0 aliphatic heterocycles. The third kappa shape index (κ3) is 3.45. The number of nitrogens with one attached hydrogen (secondary N) is 1. The van der Waals surface area contributed by atoms with Gasteiger partial charge in [0, 0.05) is 12.3 Å². The van der Waals surface area contributed by atoms with Crippen LogP contribution in [0.15, 0.2) is 47.4 Å². The van der Waals surface area contributed by atoms with Gasteiger partial charge in [-0.1, -0.05) is 30.3 Å². The highest BCUT2D eigenvalue weighted by atomic mass is 32.2. The van der Waals surface area contributed by atoms with Crippen molar-refractivity contribution >= 4 is 15.5 Å². The number of sulfone groups is 1. The topological polar surface area (TPSA) is 46.2 Å². The number of rotatable bonds is 4. The van der Waals surface area contributed by atoms with Gasteiger partial charge in [0.25, 0.3) is 0 Å². The number of aryl methyl sites for hydroxylation is 1. The van der Waals surface area contributed by atoms with Crippen LogP contribution in [0.25, 0.3) is 0 Å². The predicted octanol–water partition coefficient (Wildman–Crippen LogP) is 3.88. The number of para-hydroxylation sites is 1. The Labute approximate surface area is 126 Å². The van der Waals surface area contributed by atoms with E-state index in [9.17, 15) is 8.42 Å². The second-order valence-electron chi connectivity index (χ2n) is 5.42. The highest BCUT2D eigenvalue weighted by Crippen LogP contribution is 2.27. The lowest BCUT2D eigenvalue weighted by molar-refractivity contribution is 0.602. The van der Waals surface area contributed by atoms with Crippen molar-refractivity contribution in [1.82, 2.24) is 0 Å². The summed E-state index contributed by atoms with van der Waals surface area (Å²) in [5.41, 5.74) is 4.29. The largest absolute Gasteiger partial charge is 0.377 e. The Hall–Kier alpha value is -1.81. The zero-order valence-electron chi connectivity index (χ0n) is 12.8. The van der Waals surface area contributed by atoms with E-state index in [1.54, 1.807) is 18.2 Å². The van der Waals surface area contributed by atoms with Crippen molar-refractivity contribution in [3.8, 4) is 0 Å². The predicted molar refractivity (Wildman–Crippen MR) is 87.5 cm³/mol. The fraction of sp³-hybridized carbons (Fsp3) is 0.294. The molecule has 1 atom stereocenters. The van der Waals surface area contributed by atoms with E-state index in [0.717, 1.165) is 0 Å². The summed E-state index contributed by atoms with van der Waals surface area (Å²) < 4.78 is 23.7. The van der Waals surface area contributed by atoms with Crippen LogP contribution in [0.2, 0.25) is 0 Å². The van der Waals surface area contributed by atoms with Crippen molar-refractivity contribution in [3.05, 3.63) is 59.2 Å². The zero-order chi connectivity index (χ0) is 15.6. The lowest BCUT2D eigenvalue weighted by atomic mass is 9.98. The lowest BCUT2D eigenvalue weighted by Gasteiger charge is -2.20. The number of hydrogen-bond acceptors (Lipinski definition) is 3. The van der Waals surface area contributed by atoms with E-state index >= 15 is 0 Å². The third-order valence-corrected chi connectivity index (χ3v) is 4.93. The van der Waals surface area contributed by atoms with E-state index in [0.29, 0.717) is 10.6 Å². The van der Waals surface area contributed by atoms with Crippen LogP contribution in [-0.2, 0) is 9.84 Å². The van der Waals surface area contributed by atoms with Crippen molar-refractivity contribution in [2.75, 3.05) is 11.6 Å². The summed E-state index contributed by atoms with van der Waals surface area (Å²) >= 11 is 0. The summed E-state index contributed by atoms with van der Waals surface area (Å²) in [5, 5.41) is 3.32. The van der Waals surface area contributed by atoms with Crippen molar-refractivity contribution < 1.29 is 8.42 Å². The van der Waals surface area contributed by atoms with Gasteiger partial charge in [-0.3, -0.25) is 0 Å². The molecular weight excluding hydrogens is 282 g/mol. The van der Waals surface area contributed by atoms with Gasteiger partial charge in [-0.2, -0.15) is 0 Å². The van der Waals surface area contributed by atoms with Gasteiger partial charge in [-0.05, 0) is 49.6 Å². The summed E-state index contributed by atoms with van der Waals surface area (Å²) in [4.78, 5) is 0.335. The van der Waals surface area contributed by atoms with Crippen LogP contribution in [0.1, 0.15) is 29.7 Å². The molecular formula is C17H21NO2S. The first-order valence-electron chi connectivity index (χ1n) is 6.92. The van der Waals surface area contributed by atoms with Crippen LogP contribution < -0.4 is 5.32 Å². The van der Waals surface area contributed by atoms with Crippen LogP contribution in [0.5, 0.6) is 0 Å². The minimum absolute atomic E-state index is 0.0350. The fourth-order valence-corrected chi connectivity index (χ4v) is 3.32. The van der Waals surface area contributed by atoms with E-state index in [1.807, 2.05) is 19.1 Å². The van der Waals surface area contributed by atoms with Gasteiger partial charge in [-0.25, -0.2) is 8.42 Å². The van der Waals surface area contributed by atoms with Crippen molar-refractivity contribution in [1.29, 1.82) is 0 Å². The molecule has 3 nitrogen and oxygen atoms in total. The second kappa shape index (κ2) is 5.90. The van der Waals surface area contributed by atoms with Gasteiger partial charge in [0.15, 0.2) is 9.84 Å². The Morgan fingerprint density at radius 3 is 2.33 bits per heavy atom. The van der Waals surface area contributed by atoms with Crippen LogP contribution >= 0.6 is 0 Å². The highest BCUT2D eigenvalue weighted by molar-refractivity contribution is 7.90. The van der Waals surface area contributed by atoms with Crippen molar-refractivity contribution in [2.24, 2.45) is 0 Å². The summed E-state index contributed by atoms with van der Waals surface area (Å²) in [6.45, 7) is 6.21. The smallest absolute Gasteiger partial charge is 0.177 e.